The zero-order valence-electron chi connectivity index (χ0n) is 19.1. The summed E-state index contributed by atoms with van der Waals surface area (Å²) in [5.41, 5.74) is 0.607. The molecule has 0 aliphatic carbocycles. The molecule has 4 nitrogen and oxygen atoms in total. The number of hydrogen-bond donors (Lipinski definition) is 0. The molecule has 0 spiro atoms. The SMILES string of the molecule is CC(=O)N1CC[C@](OCc2ccccc2)(c2ccc(Cl)cc2)[C@@H](OCc2ccc(F)c(F)c2F)C1. The fourth-order valence-corrected chi connectivity index (χ4v) is 4.47. The molecule has 1 aliphatic rings. The quantitative estimate of drug-likeness (QED) is 0.371. The van der Waals surface area contributed by atoms with Gasteiger partial charge in [-0.2, -0.15) is 0 Å². The van der Waals surface area contributed by atoms with Crippen LogP contribution in [0.15, 0.2) is 66.7 Å². The molecule has 2 atom stereocenters. The summed E-state index contributed by atoms with van der Waals surface area (Å²) in [4.78, 5) is 13.8. The van der Waals surface area contributed by atoms with Crippen LogP contribution in [0.1, 0.15) is 30.0 Å². The van der Waals surface area contributed by atoms with Crippen molar-refractivity contribution in [3.8, 4) is 0 Å². The van der Waals surface area contributed by atoms with Gasteiger partial charge in [-0.25, -0.2) is 13.2 Å². The number of benzene rings is 3. The van der Waals surface area contributed by atoms with Crippen LogP contribution in [0, 0.1) is 17.5 Å². The molecule has 0 aromatic heterocycles. The largest absolute Gasteiger partial charge is 0.368 e. The Labute approximate surface area is 207 Å². The van der Waals surface area contributed by atoms with Gasteiger partial charge < -0.3 is 14.4 Å². The van der Waals surface area contributed by atoms with Gasteiger partial charge in [-0.05, 0) is 29.3 Å². The van der Waals surface area contributed by atoms with Crippen molar-refractivity contribution in [1.29, 1.82) is 0 Å². The van der Waals surface area contributed by atoms with Crippen LogP contribution in [-0.2, 0) is 33.1 Å². The van der Waals surface area contributed by atoms with Gasteiger partial charge in [0.05, 0.1) is 19.8 Å². The lowest BCUT2D eigenvalue weighted by Crippen LogP contribution is -2.56. The number of carbonyl (C=O) groups excluding carboxylic acids is 1. The van der Waals surface area contributed by atoms with Crippen molar-refractivity contribution in [2.24, 2.45) is 0 Å². The summed E-state index contributed by atoms with van der Waals surface area (Å²) in [5, 5.41) is 0.550. The second-order valence-electron chi connectivity index (χ2n) is 8.52. The molecule has 3 aromatic rings. The Morgan fingerprint density at radius 1 is 1.00 bits per heavy atom. The second kappa shape index (κ2) is 10.8. The predicted octanol–water partition coefficient (Wildman–Crippen LogP) is 6.01. The first-order chi connectivity index (χ1) is 16.8. The van der Waals surface area contributed by atoms with E-state index in [1.807, 2.05) is 42.5 Å². The second-order valence-corrected chi connectivity index (χ2v) is 8.96. The van der Waals surface area contributed by atoms with Gasteiger partial charge in [0.1, 0.15) is 11.7 Å². The molecule has 0 unspecified atom stereocenters. The van der Waals surface area contributed by atoms with E-state index in [0.717, 1.165) is 23.3 Å². The molecule has 0 bridgehead atoms. The number of piperidine rings is 1. The Balaban J connectivity index is 1.69. The van der Waals surface area contributed by atoms with Crippen LogP contribution in [0.5, 0.6) is 0 Å². The lowest BCUT2D eigenvalue weighted by Gasteiger charge is -2.47. The third-order valence-electron chi connectivity index (χ3n) is 6.33. The van der Waals surface area contributed by atoms with E-state index in [-0.39, 0.29) is 31.2 Å². The summed E-state index contributed by atoms with van der Waals surface area (Å²) >= 11 is 6.12. The maximum atomic E-state index is 14.3. The van der Waals surface area contributed by atoms with Crippen molar-refractivity contribution >= 4 is 17.5 Å². The minimum atomic E-state index is -1.55. The summed E-state index contributed by atoms with van der Waals surface area (Å²) in [6.07, 6.45) is -0.316. The van der Waals surface area contributed by atoms with E-state index < -0.39 is 29.2 Å². The maximum Gasteiger partial charge on any atom is 0.219 e. The summed E-state index contributed by atoms with van der Waals surface area (Å²) < 4.78 is 54.2. The maximum absolute atomic E-state index is 14.3. The monoisotopic (exact) mass is 503 g/mol. The lowest BCUT2D eigenvalue weighted by molar-refractivity contribution is -0.195. The summed E-state index contributed by atoms with van der Waals surface area (Å²) in [6.45, 7) is 2.00. The Bertz CT molecular complexity index is 1180. The van der Waals surface area contributed by atoms with Crippen molar-refractivity contribution in [2.75, 3.05) is 13.1 Å². The van der Waals surface area contributed by atoms with E-state index in [1.54, 1.807) is 17.0 Å². The van der Waals surface area contributed by atoms with Gasteiger partial charge in [0.25, 0.3) is 0 Å². The number of likely N-dealkylation sites (tertiary alicyclic amines) is 1. The fourth-order valence-electron chi connectivity index (χ4n) is 4.34. The van der Waals surface area contributed by atoms with Crippen molar-refractivity contribution in [3.63, 3.8) is 0 Å². The summed E-state index contributed by atoms with van der Waals surface area (Å²) in [5.74, 6) is -4.25. The van der Waals surface area contributed by atoms with Gasteiger partial charge in [0, 0.05) is 30.5 Å². The van der Waals surface area contributed by atoms with Gasteiger partial charge in [-0.3, -0.25) is 4.79 Å². The molecule has 0 saturated carbocycles. The summed E-state index contributed by atoms with van der Waals surface area (Å²) in [7, 11) is 0. The van der Waals surface area contributed by atoms with E-state index in [1.165, 1.54) is 6.92 Å². The van der Waals surface area contributed by atoms with Crippen LogP contribution in [0.25, 0.3) is 0 Å². The molecule has 35 heavy (non-hydrogen) atoms. The third-order valence-corrected chi connectivity index (χ3v) is 6.58. The van der Waals surface area contributed by atoms with Crippen LogP contribution < -0.4 is 0 Å². The van der Waals surface area contributed by atoms with Gasteiger partial charge in [0.15, 0.2) is 17.5 Å². The Kier molecular flexibility index (Phi) is 7.79. The molecule has 0 radical (unpaired) electrons. The number of hydrogen-bond acceptors (Lipinski definition) is 3. The molecule has 0 N–H and O–H groups in total. The number of amides is 1. The minimum absolute atomic E-state index is 0.128. The lowest BCUT2D eigenvalue weighted by atomic mass is 9.81. The molecule has 1 saturated heterocycles. The van der Waals surface area contributed by atoms with Gasteiger partial charge in [-0.15, -0.1) is 0 Å². The molecule has 4 rings (SSSR count). The zero-order valence-corrected chi connectivity index (χ0v) is 19.9. The van der Waals surface area contributed by atoms with Crippen LogP contribution in [0.4, 0.5) is 13.2 Å². The molecule has 184 valence electrons. The average molecular weight is 504 g/mol. The van der Waals surface area contributed by atoms with Crippen LogP contribution in [0.3, 0.4) is 0 Å². The topological polar surface area (TPSA) is 38.8 Å². The van der Waals surface area contributed by atoms with Crippen molar-refractivity contribution < 1.29 is 27.4 Å². The molecule has 1 fully saturated rings. The third kappa shape index (κ3) is 5.53. The number of nitrogens with zero attached hydrogens (tertiary/aromatic N) is 1. The number of halogens is 4. The Hall–Kier alpha value is -2.87. The van der Waals surface area contributed by atoms with Crippen LogP contribution >= 0.6 is 11.6 Å². The molecular weight excluding hydrogens is 479 g/mol. The molecule has 8 heteroatoms. The fraction of sp³-hybridized carbons (Fsp3) is 0.296. The highest BCUT2D eigenvalue weighted by Gasteiger charge is 2.47. The van der Waals surface area contributed by atoms with Crippen LogP contribution in [-0.4, -0.2) is 30.0 Å². The van der Waals surface area contributed by atoms with E-state index in [0.29, 0.717) is 18.0 Å². The minimum Gasteiger partial charge on any atom is -0.368 e. The Morgan fingerprint density at radius 3 is 2.40 bits per heavy atom. The normalized spacial score (nSPS) is 20.1. The first kappa shape index (κ1) is 25.2. The number of carbonyl (C=O) groups is 1. The number of rotatable bonds is 7. The highest BCUT2D eigenvalue weighted by molar-refractivity contribution is 6.30. The first-order valence-corrected chi connectivity index (χ1v) is 11.6. The van der Waals surface area contributed by atoms with Crippen molar-refractivity contribution in [1.82, 2.24) is 4.90 Å². The van der Waals surface area contributed by atoms with Gasteiger partial charge in [0.2, 0.25) is 5.91 Å². The van der Waals surface area contributed by atoms with E-state index >= 15 is 0 Å². The molecule has 1 heterocycles. The van der Waals surface area contributed by atoms with Crippen molar-refractivity contribution in [2.45, 2.75) is 38.3 Å². The number of ether oxygens (including phenoxy) is 2. The zero-order chi connectivity index (χ0) is 25.0. The van der Waals surface area contributed by atoms with E-state index in [2.05, 4.69) is 0 Å². The molecule has 1 amide bonds. The average Bonchev–Trinajstić information content (AvgIpc) is 2.87. The summed E-state index contributed by atoms with van der Waals surface area (Å²) in [6, 6.07) is 18.8. The smallest absolute Gasteiger partial charge is 0.219 e. The Morgan fingerprint density at radius 2 is 1.71 bits per heavy atom. The van der Waals surface area contributed by atoms with Gasteiger partial charge in [-0.1, -0.05) is 60.1 Å². The van der Waals surface area contributed by atoms with E-state index in [4.69, 9.17) is 21.1 Å². The predicted molar refractivity (Wildman–Crippen MR) is 126 cm³/mol. The highest BCUT2D eigenvalue weighted by Crippen LogP contribution is 2.40. The molecule has 3 aromatic carbocycles. The van der Waals surface area contributed by atoms with Gasteiger partial charge >= 0.3 is 0 Å². The van der Waals surface area contributed by atoms with E-state index in [9.17, 15) is 18.0 Å². The highest BCUT2D eigenvalue weighted by atomic mass is 35.5. The van der Waals surface area contributed by atoms with Crippen molar-refractivity contribution in [3.05, 3.63) is 106 Å². The molecule has 1 aliphatic heterocycles. The first-order valence-electron chi connectivity index (χ1n) is 11.2. The van der Waals surface area contributed by atoms with Crippen LogP contribution in [0.2, 0.25) is 5.02 Å². The molecular formula is C27H25ClF3NO3. The standard InChI is InChI=1S/C27H25ClF3NO3/c1-18(33)32-14-13-27(21-8-10-22(28)11-9-21,35-16-19-5-3-2-4-6-19)24(15-32)34-17-20-7-12-23(29)26(31)25(20)30/h2-12,24H,13-17H2,1H3/t24-,27-/m0/s1.